The SMILES string of the molecule is Cc1cc(NS(=O)(=O)c2ccc(S(=O)(=O)N3CCCC3)cc2)ccc1N1CCCC1=O. The van der Waals surface area contributed by atoms with Crippen LogP contribution in [0.1, 0.15) is 31.2 Å². The van der Waals surface area contributed by atoms with Crippen LogP contribution in [-0.2, 0) is 24.8 Å². The number of hydrogen-bond acceptors (Lipinski definition) is 5. The zero-order valence-corrected chi connectivity index (χ0v) is 18.9. The highest BCUT2D eigenvalue weighted by Gasteiger charge is 2.28. The molecule has 0 atom stereocenters. The Morgan fingerprint density at radius 2 is 1.48 bits per heavy atom. The molecule has 4 rings (SSSR count). The second-order valence-corrected chi connectivity index (χ2v) is 11.5. The lowest BCUT2D eigenvalue weighted by Crippen LogP contribution is -2.27. The smallest absolute Gasteiger partial charge is 0.261 e. The van der Waals surface area contributed by atoms with Crippen molar-refractivity contribution in [1.82, 2.24) is 4.31 Å². The summed E-state index contributed by atoms with van der Waals surface area (Å²) in [5.41, 5.74) is 1.95. The van der Waals surface area contributed by atoms with Gasteiger partial charge in [0.25, 0.3) is 10.0 Å². The van der Waals surface area contributed by atoms with Gasteiger partial charge in [0.15, 0.2) is 0 Å². The fourth-order valence-corrected chi connectivity index (χ4v) is 6.57. The standard InChI is InChI=1S/C21H25N3O5S2/c1-16-15-17(6-11-20(16)24-14-4-5-21(24)25)22-30(26,27)18-7-9-19(10-8-18)31(28,29)23-12-2-3-13-23/h6-11,15,22H,2-5,12-14H2,1H3. The molecule has 2 fully saturated rings. The molecule has 2 saturated heterocycles. The molecule has 1 amide bonds. The zero-order valence-electron chi connectivity index (χ0n) is 17.2. The van der Waals surface area contributed by atoms with E-state index in [0.29, 0.717) is 31.7 Å². The number of aryl methyl sites for hydroxylation is 1. The van der Waals surface area contributed by atoms with Crippen LogP contribution >= 0.6 is 0 Å². The van der Waals surface area contributed by atoms with Crippen molar-refractivity contribution in [2.75, 3.05) is 29.3 Å². The van der Waals surface area contributed by atoms with Gasteiger partial charge < -0.3 is 4.90 Å². The van der Waals surface area contributed by atoms with E-state index in [1.54, 1.807) is 23.1 Å². The first-order valence-electron chi connectivity index (χ1n) is 10.2. The van der Waals surface area contributed by atoms with Crippen molar-refractivity contribution in [3.63, 3.8) is 0 Å². The fraction of sp³-hybridized carbons (Fsp3) is 0.381. The monoisotopic (exact) mass is 463 g/mol. The van der Waals surface area contributed by atoms with Crippen molar-refractivity contribution in [2.45, 2.75) is 42.4 Å². The van der Waals surface area contributed by atoms with Crippen LogP contribution in [0.2, 0.25) is 0 Å². The number of nitrogens with zero attached hydrogens (tertiary/aromatic N) is 2. The van der Waals surface area contributed by atoms with Gasteiger partial charge in [-0.15, -0.1) is 0 Å². The van der Waals surface area contributed by atoms with Crippen LogP contribution in [0.15, 0.2) is 52.3 Å². The van der Waals surface area contributed by atoms with Crippen molar-refractivity contribution < 1.29 is 21.6 Å². The van der Waals surface area contributed by atoms with Crippen LogP contribution in [-0.4, -0.2) is 46.7 Å². The average molecular weight is 464 g/mol. The fourth-order valence-electron chi connectivity index (χ4n) is 4.01. The number of hydrogen-bond donors (Lipinski definition) is 1. The second kappa shape index (κ2) is 8.25. The third kappa shape index (κ3) is 4.32. The van der Waals surface area contributed by atoms with E-state index in [4.69, 9.17) is 0 Å². The van der Waals surface area contributed by atoms with E-state index in [-0.39, 0.29) is 15.7 Å². The summed E-state index contributed by atoms with van der Waals surface area (Å²) in [6.45, 7) is 3.47. The van der Waals surface area contributed by atoms with E-state index in [0.717, 1.165) is 30.5 Å². The van der Waals surface area contributed by atoms with Gasteiger partial charge >= 0.3 is 0 Å². The Morgan fingerprint density at radius 3 is 2.06 bits per heavy atom. The molecule has 1 N–H and O–H groups in total. The second-order valence-electron chi connectivity index (χ2n) is 7.84. The molecule has 0 aromatic heterocycles. The number of sulfonamides is 2. The van der Waals surface area contributed by atoms with E-state index >= 15 is 0 Å². The minimum Gasteiger partial charge on any atom is -0.312 e. The topological polar surface area (TPSA) is 104 Å². The summed E-state index contributed by atoms with van der Waals surface area (Å²) in [5.74, 6) is 0.0698. The Labute approximate surface area is 183 Å². The predicted octanol–water partition coefficient (Wildman–Crippen LogP) is 2.71. The molecule has 0 spiro atoms. The Morgan fingerprint density at radius 1 is 0.839 bits per heavy atom. The molecular formula is C21H25N3O5S2. The number of amides is 1. The van der Waals surface area contributed by atoms with Crippen LogP contribution in [0.5, 0.6) is 0 Å². The zero-order chi connectivity index (χ0) is 22.2. The van der Waals surface area contributed by atoms with E-state index in [2.05, 4.69) is 4.72 Å². The first-order valence-corrected chi connectivity index (χ1v) is 13.1. The van der Waals surface area contributed by atoms with Gasteiger partial charge in [0.1, 0.15) is 0 Å². The van der Waals surface area contributed by atoms with Crippen molar-refractivity contribution in [3.8, 4) is 0 Å². The Hall–Kier alpha value is -2.43. The maximum atomic E-state index is 12.8. The largest absolute Gasteiger partial charge is 0.312 e. The molecule has 0 radical (unpaired) electrons. The molecule has 8 nitrogen and oxygen atoms in total. The lowest BCUT2D eigenvalue weighted by molar-refractivity contribution is -0.117. The van der Waals surface area contributed by atoms with Gasteiger partial charge in [0.2, 0.25) is 15.9 Å². The summed E-state index contributed by atoms with van der Waals surface area (Å²) >= 11 is 0. The van der Waals surface area contributed by atoms with Crippen molar-refractivity contribution in [1.29, 1.82) is 0 Å². The van der Waals surface area contributed by atoms with Crippen LogP contribution in [0.4, 0.5) is 11.4 Å². The maximum Gasteiger partial charge on any atom is 0.261 e. The first kappa shape index (κ1) is 21.8. The molecule has 0 unspecified atom stereocenters. The van der Waals surface area contributed by atoms with E-state index < -0.39 is 20.0 Å². The number of rotatable bonds is 6. The summed E-state index contributed by atoms with van der Waals surface area (Å²) in [6, 6.07) is 10.3. The molecule has 0 bridgehead atoms. The lowest BCUT2D eigenvalue weighted by Gasteiger charge is -2.19. The van der Waals surface area contributed by atoms with E-state index in [9.17, 15) is 21.6 Å². The molecule has 166 valence electrons. The summed E-state index contributed by atoms with van der Waals surface area (Å²) in [6.07, 6.45) is 3.01. The van der Waals surface area contributed by atoms with Gasteiger partial charge in [-0.05, 0) is 74.2 Å². The number of benzene rings is 2. The number of anilines is 2. The van der Waals surface area contributed by atoms with Crippen LogP contribution in [0.3, 0.4) is 0 Å². The number of nitrogens with one attached hydrogen (secondary N) is 1. The summed E-state index contributed by atoms with van der Waals surface area (Å²) < 4.78 is 54.8. The molecule has 2 heterocycles. The lowest BCUT2D eigenvalue weighted by atomic mass is 10.1. The van der Waals surface area contributed by atoms with Crippen LogP contribution < -0.4 is 9.62 Å². The van der Waals surface area contributed by atoms with Gasteiger partial charge in [-0.25, -0.2) is 16.8 Å². The molecule has 10 heteroatoms. The molecular weight excluding hydrogens is 438 g/mol. The third-order valence-electron chi connectivity index (χ3n) is 5.65. The van der Waals surface area contributed by atoms with Gasteiger partial charge in [-0.1, -0.05) is 0 Å². The maximum absolute atomic E-state index is 12.8. The van der Waals surface area contributed by atoms with Gasteiger partial charge in [0, 0.05) is 37.4 Å². The Bertz CT molecular complexity index is 1200. The molecule has 0 saturated carbocycles. The van der Waals surface area contributed by atoms with Crippen molar-refractivity contribution in [2.24, 2.45) is 0 Å². The molecule has 2 aromatic rings. The van der Waals surface area contributed by atoms with Crippen molar-refractivity contribution in [3.05, 3.63) is 48.0 Å². The number of carbonyl (C=O) groups excluding carboxylic acids is 1. The summed E-state index contributed by atoms with van der Waals surface area (Å²) in [7, 11) is -7.49. The molecule has 2 aliphatic rings. The van der Waals surface area contributed by atoms with Gasteiger partial charge in [-0.2, -0.15) is 4.31 Å². The first-order chi connectivity index (χ1) is 14.7. The van der Waals surface area contributed by atoms with Crippen LogP contribution in [0.25, 0.3) is 0 Å². The quantitative estimate of drug-likeness (QED) is 0.709. The van der Waals surface area contributed by atoms with E-state index in [1.165, 1.54) is 28.6 Å². The third-order valence-corrected chi connectivity index (χ3v) is 8.96. The average Bonchev–Trinajstić information content (AvgIpc) is 3.40. The van der Waals surface area contributed by atoms with E-state index in [1.807, 2.05) is 6.92 Å². The minimum atomic E-state index is -3.89. The molecule has 0 aliphatic carbocycles. The minimum absolute atomic E-state index is 0.0238. The molecule has 2 aliphatic heterocycles. The normalized spacial score (nSPS) is 18.0. The number of carbonyl (C=O) groups is 1. The molecule has 31 heavy (non-hydrogen) atoms. The van der Waals surface area contributed by atoms with Crippen molar-refractivity contribution >= 4 is 37.3 Å². The highest BCUT2D eigenvalue weighted by molar-refractivity contribution is 7.92. The summed E-state index contributed by atoms with van der Waals surface area (Å²) in [5, 5.41) is 0. The predicted molar refractivity (Wildman–Crippen MR) is 118 cm³/mol. The molecule has 2 aromatic carbocycles. The van der Waals surface area contributed by atoms with Gasteiger partial charge in [-0.3, -0.25) is 9.52 Å². The summed E-state index contributed by atoms with van der Waals surface area (Å²) in [4.78, 5) is 13.8. The Kier molecular flexibility index (Phi) is 5.80. The van der Waals surface area contributed by atoms with Crippen LogP contribution in [0, 0.1) is 6.92 Å². The highest BCUT2D eigenvalue weighted by Crippen LogP contribution is 2.29. The van der Waals surface area contributed by atoms with Gasteiger partial charge in [0.05, 0.1) is 9.79 Å². The Balaban J connectivity index is 1.52. The highest BCUT2D eigenvalue weighted by atomic mass is 32.2.